The minimum Gasteiger partial charge on any atom is -0.378 e. The molecule has 14 heavy (non-hydrogen) atoms. The second-order valence-corrected chi connectivity index (χ2v) is 5.15. The molecule has 1 N–H and O–H groups in total. The molecule has 0 spiro atoms. The van der Waals surface area contributed by atoms with Gasteiger partial charge in [-0.15, -0.1) is 0 Å². The van der Waals surface area contributed by atoms with Crippen LogP contribution in [0.4, 0.5) is 0 Å². The highest BCUT2D eigenvalue weighted by atomic mass is 16.5. The van der Waals surface area contributed by atoms with Crippen molar-refractivity contribution in [3.05, 3.63) is 0 Å². The lowest BCUT2D eigenvalue weighted by Gasteiger charge is -2.30. The van der Waals surface area contributed by atoms with Gasteiger partial charge in [0, 0.05) is 18.2 Å². The van der Waals surface area contributed by atoms with E-state index in [2.05, 4.69) is 33.0 Å². The van der Waals surface area contributed by atoms with Gasteiger partial charge in [-0.1, -0.05) is 6.92 Å². The van der Waals surface area contributed by atoms with Crippen LogP contribution in [-0.2, 0) is 4.74 Å². The summed E-state index contributed by atoms with van der Waals surface area (Å²) in [6.45, 7) is 9.98. The van der Waals surface area contributed by atoms with Gasteiger partial charge >= 0.3 is 0 Å². The van der Waals surface area contributed by atoms with Gasteiger partial charge < -0.3 is 10.1 Å². The van der Waals surface area contributed by atoms with Crippen LogP contribution in [0.15, 0.2) is 0 Å². The van der Waals surface area contributed by atoms with E-state index in [1.54, 1.807) is 0 Å². The summed E-state index contributed by atoms with van der Waals surface area (Å²) >= 11 is 0. The first-order valence-corrected chi connectivity index (χ1v) is 5.93. The summed E-state index contributed by atoms with van der Waals surface area (Å²) in [6, 6.07) is 0.563. The van der Waals surface area contributed by atoms with E-state index in [4.69, 9.17) is 4.74 Å². The Morgan fingerprint density at radius 3 is 2.71 bits per heavy atom. The van der Waals surface area contributed by atoms with Crippen molar-refractivity contribution in [2.75, 3.05) is 6.61 Å². The SMILES string of the molecule is CCC(C)(C)NC(C)CC1CCCO1. The predicted molar refractivity (Wildman–Crippen MR) is 60.6 cm³/mol. The van der Waals surface area contributed by atoms with E-state index in [1.165, 1.54) is 19.3 Å². The van der Waals surface area contributed by atoms with Gasteiger partial charge in [-0.05, 0) is 46.5 Å². The van der Waals surface area contributed by atoms with E-state index in [1.807, 2.05) is 0 Å². The van der Waals surface area contributed by atoms with Crippen molar-refractivity contribution in [2.45, 2.75) is 71.1 Å². The van der Waals surface area contributed by atoms with Crippen LogP contribution in [0.2, 0.25) is 0 Å². The van der Waals surface area contributed by atoms with Crippen LogP contribution < -0.4 is 5.32 Å². The van der Waals surface area contributed by atoms with Crippen molar-refractivity contribution in [1.82, 2.24) is 5.32 Å². The minimum atomic E-state index is 0.262. The monoisotopic (exact) mass is 199 g/mol. The third-order valence-electron chi connectivity index (χ3n) is 3.16. The predicted octanol–water partition coefficient (Wildman–Crippen LogP) is 2.72. The zero-order valence-corrected chi connectivity index (χ0v) is 10.1. The zero-order valence-electron chi connectivity index (χ0n) is 10.1. The summed E-state index contributed by atoms with van der Waals surface area (Å²) < 4.78 is 5.63. The first-order valence-electron chi connectivity index (χ1n) is 5.93. The fraction of sp³-hybridized carbons (Fsp3) is 1.00. The van der Waals surface area contributed by atoms with Gasteiger partial charge in [-0.25, -0.2) is 0 Å². The van der Waals surface area contributed by atoms with Gasteiger partial charge in [0.05, 0.1) is 6.10 Å². The third kappa shape index (κ3) is 3.97. The first kappa shape index (κ1) is 12.0. The maximum Gasteiger partial charge on any atom is 0.0590 e. The Balaban J connectivity index is 2.23. The number of hydrogen-bond acceptors (Lipinski definition) is 2. The average Bonchev–Trinajstić information content (AvgIpc) is 2.55. The number of ether oxygens (including phenoxy) is 1. The standard InChI is InChI=1S/C12H25NO/c1-5-12(3,4)13-10(2)9-11-7-6-8-14-11/h10-11,13H,5-9H2,1-4H3. The molecule has 0 amide bonds. The van der Waals surface area contributed by atoms with Gasteiger partial charge in [-0.3, -0.25) is 0 Å². The molecule has 0 aromatic rings. The number of nitrogens with one attached hydrogen (secondary N) is 1. The van der Waals surface area contributed by atoms with Crippen LogP contribution in [0.3, 0.4) is 0 Å². The van der Waals surface area contributed by atoms with Crippen molar-refractivity contribution >= 4 is 0 Å². The van der Waals surface area contributed by atoms with Crippen molar-refractivity contribution < 1.29 is 4.74 Å². The molecule has 2 heteroatoms. The molecule has 0 aromatic carbocycles. The van der Waals surface area contributed by atoms with E-state index >= 15 is 0 Å². The van der Waals surface area contributed by atoms with Crippen LogP contribution in [0, 0.1) is 0 Å². The third-order valence-corrected chi connectivity index (χ3v) is 3.16. The first-order chi connectivity index (χ1) is 6.53. The van der Waals surface area contributed by atoms with Crippen molar-refractivity contribution in [3.63, 3.8) is 0 Å². The Kier molecular flexibility index (Phi) is 4.39. The highest BCUT2D eigenvalue weighted by Gasteiger charge is 2.22. The second-order valence-electron chi connectivity index (χ2n) is 5.15. The van der Waals surface area contributed by atoms with E-state index < -0.39 is 0 Å². The summed E-state index contributed by atoms with van der Waals surface area (Å²) in [5, 5.41) is 3.65. The Labute approximate surface area is 88.4 Å². The van der Waals surface area contributed by atoms with Gasteiger partial charge in [0.2, 0.25) is 0 Å². The van der Waals surface area contributed by atoms with E-state index in [9.17, 15) is 0 Å². The highest BCUT2D eigenvalue weighted by Crippen LogP contribution is 2.18. The van der Waals surface area contributed by atoms with E-state index in [0.29, 0.717) is 12.1 Å². The summed E-state index contributed by atoms with van der Waals surface area (Å²) in [5.41, 5.74) is 0.262. The van der Waals surface area contributed by atoms with E-state index in [-0.39, 0.29) is 5.54 Å². The molecule has 0 radical (unpaired) electrons. The Morgan fingerprint density at radius 2 is 2.21 bits per heavy atom. The summed E-state index contributed by atoms with van der Waals surface area (Å²) in [6.07, 6.45) is 5.32. The maximum atomic E-state index is 5.63. The normalized spacial score (nSPS) is 25.3. The van der Waals surface area contributed by atoms with Gasteiger partial charge in [-0.2, -0.15) is 0 Å². The Morgan fingerprint density at radius 1 is 1.50 bits per heavy atom. The molecule has 1 aliphatic rings. The van der Waals surface area contributed by atoms with Crippen molar-refractivity contribution in [3.8, 4) is 0 Å². The number of rotatable bonds is 5. The molecule has 0 aliphatic carbocycles. The molecule has 0 bridgehead atoms. The summed E-state index contributed by atoms with van der Waals surface area (Å²) in [5.74, 6) is 0. The molecule has 1 rings (SSSR count). The molecule has 1 saturated heterocycles. The molecule has 1 fully saturated rings. The molecule has 1 aliphatic heterocycles. The second kappa shape index (κ2) is 5.13. The topological polar surface area (TPSA) is 21.3 Å². The quantitative estimate of drug-likeness (QED) is 0.735. The minimum absolute atomic E-state index is 0.262. The molecular formula is C12H25NO. The number of hydrogen-bond donors (Lipinski definition) is 1. The van der Waals surface area contributed by atoms with Crippen LogP contribution >= 0.6 is 0 Å². The Bertz CT molecular complexity index is 162. The largest absolute Gasteiger partial charge is 0.378 e. The smallest absolute Gasteiger partial charge is 0.0590 e. The summed E-state index contributed by atoms with van der Waals surface area (Å²) in [7, 11) is 0. The molecule has 2 unspecified atom stereocenters. The van der Waals surface area contributed by atoms with Crippen LogP contribution in [0.25, 0.3) is 0 Å². The van der Waals surface area contributed by atoms with Crippen LogP contribution in [-0.4, -0.2) is 24.3 Å². The van der Waals surface area contributed by atoms with Crippen LogP contribution in [0.5, 0.6) is 0 Å². The van der Waals surface area contributed by atoms with Gasteiger partial charge in [0.25, 0.3) is 0 Å². The molecule has 84 valence electrons. The summed E-state index contributed by atoms with van der Waals surface area (Å²) in [4.78, 5) is 0. The fourth-order valence-corrected chi connectivity index (χ4v) is 2.05. The van der Waals surface area contributed by atoms with Crippen molar-refractivity contribution in [1.29, 1.82) is 0 Å². The lowest BCUT2D eigenvalue weighted by molar-refractivity contribution is 0.0926. The molecule has 0 saturated carbocycles. The Hall–Kier alpha value is -0.0800. The van der Waals surface area contributed by atoms with Gasteiger partial charge in [0.15, 0.2) is 0 Å². The van der Waals surface area contributed by atoms with Crippen molar-refractivity contribution in [2.24, 2.45) is 0 Å². The molecule has 1 heterocycles. The molecule has 0 aromatic heterocycles. The average molecular weight is 199 g/mol. The fourth-order valence-electron chi connectivity index (χ4n) is 2.05. The molecular weight excluding hydrogens is 174 g/mol. The molecule has 2 atom stereocenters. The van der Waals surface area contributed by atoms with Gasteiger partial charge in [0.1, 0.15) is 0 Å². The lowest BCUT2D eigenvalue weighted by atomic mass is 9.99. The molecule has 2 nitrogen and oxygen atoms in total. The highest BCUT2D eigenvalue weighted by molar-refractivity contribution is 4.81. The van der Waals surface area contributed by atoms with E-state index in [0.717, 1.165) is 13.0 Å². The lowest BCUT2D eigenvalue weighted by Crippen LogP contribution is -2.45. The zero-order chi connectivity index (χ0) is 10.6. The van der Waals surface area contributed by atoms with Crippen LogP contribution in [0.1, 0.15) is 53.4 Å². The maximum absolute atomic E-state index is 5.63.